The van der Waals surface area contributed by atoms with Crippen molar-refractivity contribution in [1.82, 2.24) is 10.6 Å². The maximum atomic E-state index is 11.9. The predicted octanol–water partition coefficient (Wildman–Crippen LogP) is 3.79. The van der Waals surface area contributed by atoms with E-state index in [1.807, 2.05) is 0 Å². The Kier molecular flexibility index (Phi) is 20.6. The molecule has 0 radical (unpaired) electrons. The van der Waals surface area contributed by atoms with Gasteiger partial charge in [0.15, 0.2) is 0 Å². The van der Waals surface area contributed by atoms with Gasteiger partial charge in [-0.15, -0.1) is 0 Å². The molecule has 0 aromatic carbocycles. The third-order valence-electron chi connectivity index (χ3n) is 5.96. The van der Waals surface area contributed by atoms with E-state index in [0.29, 0.717) is 50.7 Å². The quantitative estimate of drug-likeness (QED) is 0.152. The number of rotatable bonds is 21. The normalized spacial score (nSPS) is 13.9. The second-order valence-electron chi connectivity index (χ2n) is 9.33. The largest absolute Gasteiger partial charge is 0.356 e. The fourth-order valence-electron chi connectivity index (χ4n) is 3.45. The number of nitrogens with two attached hydrogens (primary N) is 2. The summed E-state index contributed by atoms with van der Waals surface area (Å²) in [6.45, 7) is 7.03. The van der Waals surface area contributed by atoms with E-state index in [1.54, 1.807) is 0 Å². The van der Waals surface area contributed by atoms with Crippen LogP contribution in [0.15, 0.2) is 12.2 Å². The summed E-state index contributed by atoms with van der Waals surface area (Å²) in [5.74, 6) is 1.09. The van der Waals surface area contributed by atoms with Crippen molar-refractivity contribution in [3.63, 3.8) is 0 Å². The molecule has 0 spiro atoms. The van der Waals surface area contributed by atoms with E-state index in [-0.39, 0.29) is 17.7 Å². The Balaban J connectivity index is 3.69. The van der Waals surface area contributed by atoms with Gasteiger partial charge in [-0.2, -0.15) is 5.26 Å². The molecular formula is C26H49N5O2. The third-order valence-corrected chi connectivity index (χ3v) is 5.96. The molecule has 7 nitrogen and oxygen atoms in total. The van der Waals surface area contributed by atoms with Crippen LogP contribution in [-0.2, 0) is 9.59 Å². The molecule has 2 amide bonds. The first-order valence-electron chi connectivity index (χ1n) is 12.9. The average molecular weight is 464 g/mol. The Morgan fingerprint density at radius 1 is 0.788 bits per heavy atom. The number of hydrogen-bond donors (Lipinski definition) is 4. The molecule has 6 N–H and O–H groups in total. The van der Waals surface area contributed by atoms with Gasteiger partial charge >= 0.3 is 0 Å². The minimum absolute atomic E-state index is 0.0321. The average Bonchev–Trinajstić information content (AvgIpc) is 2.82. The number of nitriles is 1. The molecule has 0 aromatic rings. The highest BCUT2D eigenvalue weighted by Crippen LogP contribution is 2.14. The van der Waals surface area contributed by atoms with Crippen molar-refractivity contribution in [3.05, 3.63) is 12.2 Å². The van der Waals surface area contributed by atoms with Crippen LogP contribution in [0.3, 0.4) is 0 Å². The standard InChI is InChI=1S/C26H49N5O2/c1-22(19-27)11-9-17-30-25(32)14-8-6-4-3-5-7-13-24(21-29)15-16-26(33)31-18-10-12-23(2)20-28/h3-4,22-24H,5-20,27-28H2,1-2H3,(H,30,32)(H,31,33)/b4-3+. The fourth-order valence-corrected chi connectivity index (χ4v) is 3.45. The first-order valence-corrected chi connectivity index (χ1v) is 12.9. The minimum Gasteiger partial charge on any atom is -0.356 e. The zero-order valence-corrected chi connectivity index (χ0v) is 21.1. The van der Waals surface area contributed by atoms with Gasteiger partial charge in [-0.25, -0.2) is 0 Å². The summed E-state index contributed by atoms with van der Waals surface area (Å²) < 4.78 is 0. The summed E-state index contributed by atoms with van der Waals surface area (Å²) in [7, 11) is 0. The van der Waals surface area contributed by atoms with E-state index in [2.05, 4.69) is 42.7 Å². The first-order chi connectivity index (χ1) is 15.9. The van der Waals surface area contributed by atoms with E-state index in [9.17, 15) is 14.9 Å². The number of carbonyl (C=O) groups excluding carboxylic acids is 2. The van der Waals surface area contributed by atoms with Crippen molar-refractivity contribution in [1.29, 1.82) is 5.26 Å². The molecule has 0 saturated carbocycles. The Morgan fingerprint density at radius 3 is 1.82 bits per heavy atom. The molecule has 0 heterocycles. The maximum Gasteiger partial charge on any atom is 0.220 e. The highest BCUT2D eigenvalue weighted by Gasteiger charge is 2.10. The summed E-state index contributed by atoms with van der Waals surface area (Å²) in [5, 5.41) is 15.2. The van der Waals surface area contributed by atoms with Gasteiger partial charge in [0.05, 0.1) is 6.07 Å². The van der Waals surface area contributed by atoms with E-state index in [4.69, 9.17) is 11.5 Å². The van der Waals surface area contributed by atoms with Gasteiger partial charge in [0.1, 0.15) is 0 Å². The minimum atomic E-state index is -0.0713. The lowest BCUT2D eigenvalue weighted by Crippen LogP contribution is -2.25. The molecule has 3 unspecified atom stereocenters. The van der Waals surface area contributed by atoms with Gasteiger partial charge in [0.25, 0.3) is 0 Å². The molecule has 33 heavy (non-hydrogen) atoms. The van der Waals surface area contributed by atoms with E-state index < -0.39 is 0 Å². The Bertz CT molecular complexity index is 574. The van der Waals surface area contributed by atoms with E-state index in [1.165, 1.54) is 0 Å². The molecule has 0 aliphatic heterocycles. The SMILES string of the molecule is CC(CN)CCCNC(=O)CCC/C=C/CCCC(C#N)CCC(=O)NCCCC(C)CN. The molecule has 0 fully saturated rings. The highest BCUT2D eigenvalue weighted by molar-refractivity contribution is 5.76. The number of nitrogens with zero attached hydrogens (tertiary/aromatic N) is 1. The van der Waals surface area contributed by atoms with Gasteiger partial charge in [-0.3, -0.25) is 9.59 Å². The summed E-state index contributed by atoms with van der Waals surface area (Å²) in [4.78, 5) is 23.7. The van der Waals surface area contributed by atoms with Crippen LogP contribution in [0.25, 0.3) is 0 Å². The Labute approximate surface area is 202 Å². The molecular weight excluding hydrogens is 414 g/mol. The van der Waals surface area contributed by atoms with Crippen molar-refractivity contribution in [2.45, 2.75) is 90.9 Å². The molecule has 0 bridgehead atoms. The van der Waals surface area contributed by atoms with Crippen LogP contribution in [0.1, 0.15) is 90.9 Å². The maximum absolute atomic E-state index is 11.9. The van der Waals surface area contributed by atoms with Crippen molar-refractivity contribution >= 4 is 11.8 Å². The number of carbonyl (C=O) groups is 2. The summed E-state index contributed by atoms with van der Waals surface area (Å²) >= 11 is 0. The molecule has 0 aromatic heterocycles. The number of hydrogen-bond acceptors (Lipinski definition) is 5. The Hall–Kier alpha value is -1.91. The van der Waals surface area contributed by atoms with Crippen molar-refractivity contribution < 1.29 is 9.59 Å². The summed E-state index contributed by atoms with van der Waals surface area (Å²) in [6.07, 6.45) is 14.3. The second kappa shape index (κ2) is 21.9. The molecule has 0 saturated heterocycles. The van der Waals surface area contributed by atoms with Crippen LogP contribution in [-0.4, -0.2) is 38.0 Å². The molecule has 7 heteroatoms. The van der Waals surface area contributed by atoms with Crippen LogP contribution in [0, 0.1) is 29.1 Å². The molecule has 3 atom stereocenters. The zero-order valence-electron chi connectivity index (χ0n) is 21.1. The lowest BCUT2D eigenvalue weighted by atomic mass is 9.98. The smallest absolute Gasteiger partial charge is 0.220 e. The lowest BCUT2D eigenvalue weighted by molar-refractivity contribution is -0.122. The van der Waals surface area contributed by atoms with Crippen LogP contribution < -0.4 is 22.1 Å². The zero-order chi connectivity index (χ0) is 24.7. The summed E-state index contributed by atoms with van der Waals surface area (Å²) in [5.41, 5.74) is 11.2. The van der Waals surface area contributed by atoms with Gasteiger partial charge in [0, 0.05) is 31.8 Å². The van der Waals surface area contributed by atoms with Gasteiger partial charge in [0.2, 0.25) is 11.8 Å². The van der Waals surface area contributed by atoms with Crippen LogP contribution in [0.4, 0.5) is 0 Å². The number of allylic oxidation sites excluding steroid dienone is 2. The predicted molar refractivity (Wildman–Crippen MR) is 136 cm³/mol. The van der Waals surface area contributed by atoms with Gasteiger partial charge < -0.3 is 22.1 Å². The van der Waals surface area contributed by atoms with Crippen LogP contribution in [0.2, 0.25) is 0 Å². The number of unbranched alkanes of at least 4 members (excludes halogenated alkanes) is 2. The molecule has 0 rings (SSSR count). The van der Waals surface area contributed by atoms with E-state index in [0.717, 1.165) is 64.3 Å². The fraction of sp³-hybridized carbons (Fsp3) is 0.808. The van der Waals surface area contributed by atoms with Crippen molar-refractivity contribution in [3.8, 4) is 6.07 Å². The van der Waals surface area contributed by atoms with Gasteiger partial charge in [-0.05, 0) is 89.1 Å². The first kappa shape index (κ1) is 31.1. The molecule has 0 aliphatic carbocycles. The summed E-state index contributed by atoms with van der Waals surface area (Å²) in [6, 6.07) is 2.33. The van der Waals surface area contributed by atoms with Crippen LogP contribution in [0.5, 0.6) is 0 Å². The molecule has 190 valence electrons. The number of nitrogens with one attached hydrogen (secondary N) is 2. The van der Waals surface area contributed by atoms with Gasteiger partial charge in [-0.1, -0.05) is 26.0 Å². The Morgan fingerprint density at radius 2 is 1.30 bits per heavy atom. The van der Waals surface area contributed by atoms with Crippen molar-refractivity contribution in [2.24, 2.45) is 29.2 Å². The topological polar surface area (TPSA) is 134 Å². The van der Waals surface area contributed by atoms with Crippen LogP contribution >= 0.6 is 0 Å². The lowest BCUT2D eigenvalue weighted by Gasteiger charge is -2.10. The highest BCUT2D eigenvalue weighted by atomic mass is 16.2. The molecule has 0 aliphatic rings. The second-order valence-corrected chi connectivity index (χ2v) is 9.33. The van der Waals surface area contributed by atoms with Crippen molar-refractivity contribution in [2.75, 3.05) is 26.2 Å². The number of amides is 2. The van der Waals surface area contributed by atoms with E-state index >= 15 is 0 Å². The monoisotopic (exact) mass is 463 g/mol. The third kappa shape index (κ3) is 20.4.